The molecule has 6 heteroatoms. The molecule has 0 saturated heterocycles. The molecule has 19 heavy (non-hydrogen) atoms. The molecular weight excluding hydrogens is 246 g/mol. The van der Waals surface area contributed by atoms with Gasteiger partial charge in [-0.15, -0.1) is 0 Å². The minimum Gasteiger partial charge on any atom is -0.306 e. The third kappa shape index (κ3) is 2.33. The van der Waals surface area contributed by atoms with E-state index >= 15 is 0 Å². The first-order valence-corrected chi connectivity index (χ1v) is 6.06. The van der Waals surface area contributed by atoms with Crippen LogP contribution >= 0.6 is 0 Å². The largest absolute Gasteiger partial charge is 0.352 e. The number of nitrogens with one attached hydrogen (secondary N) is 1. The highest BCUT2D eigenvalue weighted by atomic mass is 16.2. The van der Waals surface area contributed by atoms with Gasteiger partial charge in [0.2, 0.25) is 0 Å². The van der Waals surface area contributed by atoms with Crippen LogP contribution in [0.4, 0.5) is 4.79 Å². The highest BCUT2D eigenvalue weighted by Gasteiger charge is 2.29. The number of urea groups is 1. The number of nitrogens with zero attached hydrogens (tertiary/aromatic N) is 2. The molecule has 2 heterocycles. The predicted octanol–water partition coefficient (Wildman–Crippen LogP) is 1.15. The summed E-state index contributed by atoms with van der Waals surface area (Å²) in [5, 5.41) is 2.55. The van der Waals surface area contributed by atoms with Gasteiger partial charge in [-0.2, -0.15) is 4.99 Å². The molecule has 0 atom stereocenters. The van der Waals surface area contributed by atoms with Crippen LogP contribution < -0.4 is 5.32 Å². The second kappa shape index (κ2) is 4.79. The minimum atomic E-state index is -0.644. The van der Waals surface area contributed by atoms with E-state index in [0.717, 1.165) is 16.0 Å². The van der Waals surface area contributed by atoms with E-state index in [1.165, 1.54) is 6.08 Å². The highest BCUT2D eigenvalue weighted by Crippen LogP contribution is 2.17. The Bertz CT molecular complexity index is 570. The van der Waals surface area contributed by atoms with Crippen LogP contribution in [-0.4, -0.2) is 35.1 Å². The maximum Gasteiger partial charge on any atom is 0.352 e. The zero-order valence-corrected chi connectivity index (χ0v) is 11.1. The van der Waals surface area contributed by atoms with Gasteiger partial charge < -0.3 is 5.32 Å². The quantitative estimate of drug-likeness (QED) is 0.769. The summed E-state index contributed by atoms with van der Waals surface area (Å²) < 4.78 is 0. The second-order valence-corrected chi connectivity index (χ2v) is 4.57. The van der Waals surface area contributed by atoms with Crippen LogP contribution in [0.25, 0.3) is 0 Å². The Morgan fingerprint density at radius 3 is 2.63 bits per heavy atom. The third-order valence-electron chi connectivity index (χ3n) is 3.15. The normalized spacial score (nSPS) is 21.3. The van der Waals surface area contributed by atoms with Crippen molar-refractivity contribution in [3.05, 3.63) is 22.8 Å². The number of carbonyl (C=O) groups excluding carboxylic acids is 3. The van der Waals surface area contributed by atoms with Crippen molar-refractivity contribution in [1.29, 1.82) is 0 Å². The average molecular weight is 261 g/mol. The summed E-state index contributed by atoms with van der Waals surface area (Å²) in [7, 11) is 0. The van der Waals surface area contributed by atoms with Crippen molar-refractivity contribution in [3.8, 4) is 0 Å². The molecular formula is C13H15N3O3. The number of hydrogen-bond donors (Lipinski definition) is 1. The molecule has 0 radical (unpaired) electrons. The molecule has 100 valence electrons. The van der Waals surface area contributed by atoms with Crippen molar-refractivity contribution in [3.63, 3.8) is 0 Å². The van der Waals surface area contributed by atoms with Crippen LogP contribution in [0, 0.1) is 0 Å². The molecule has 0 unspecified atom stereocenters. The Hall–Kier alpha value is -2.24. The van der Waals surface area contributed by atoms with E-state index in [2.05, 4.69) is 10.3 Å². The number of hydrogen-bond acceptors (Lipinski definition) is 3. The zero-order valence-electron chi connectivity index (χ0n) is 11.1. The lowest BCUT2D eigenvalue weighted by Gasteiger charge is -2.11. The zero-order chi connectivity index (χ0) is 14.2. The fourth-order valence-corrected chi connectivity index (χ4v) is 2.10. The van der Waals surface area contributed by atoms with Crippen molar-refractivity contribution < 1.29 is 14.4 Å². The summed E-state index contributed by atoms with van der Waals surface area (Å²) in [5.74, 6) is -0.354. The summed E-state index contributed by atoms with van der Waals surface area (Å²) in [6, 6.07) is -0.644. The average Bonchev–Trinajstić information content (AvgIpc) is 2.80. The van der Waals surface area contributed by atoms with Crippen molar-refractivity contribution >= 4 is 23.7 Å². The molecule has 2 aliphatic rings. The van der Waals surface area contributed by atoms with Crippen LogP contribution in [0.1, 0.15) is 27.2 Å². The lowest BCUT2D eigenvalue weighted by molar-refractivity contribution is -0.121. The van der Waals surface area contributed by atoms with Gasteiger partial charge in [0.05, 0.1) is 6.54 Å². The van der Waals surface area contributed by atoms with Crippen molar-refractivity contribution in [2.75, 3.05) is 6.54 Å². The second-order valence-electron chi connectivity index (χ2n) is 4.57. The number of amides is 4. The SMILES string of the molecule is CCC1=C(C)C(=O)N/C1=N\C(=O)N1CC(C)=CC1=O. The van der Waals surface area contributed by atoms with Crippen LogP contribution in [0.2, 0.25) is 0 Å². The van der Waals surface area contributed by atoms with Crippen LogP contribution in [-0.2, 0) is 9.59 Å². The fourth-order valence-electron chi connectivity index (χ4n) is 2.10. The highest BCUT2D eigenvalue weighted by molar-refractivity contribution is 6.23. The number of rotatable bonds is 1. The molecule has 4 amide bonds. The fraction of sp³-hybridized carbons (Fsp3) is 0.385. The first-order chi connectivity index (χ1) is 8.93. The molecule has 0 bridgehead atoms. The Balaban J connectivity index is 2.22. The van der Waals surface area contributed by atoms with E-state index in [9.17, 15) is 14.4 Å². The van der Waals surface area contributed by atoms with Gasteiger partial charge in [0.25, 0.3) is 11.8 Å². The molecule has 0 spiro atoms. The van der Waals surface area contributed by atoms with E-state index < -0.39 is 6.03 Å². The Labute approximate surface area is 110 Å². The van der Waals surface area contributed by atoms with E-state index in [4.69, 9.17) is 0 Å². The maximum atomic E-state index is 11.9. The minimum absolute atomic E-state index is 0.245. The smallest absolute Gasteiger partial charge is 0.306 e. The van der Waals surface area contributed by atoms with Crippen LogP contribution in [0.15, 0.2) is 27.8 Å². The molecule has 0 fully saturated rings. The Kier molecular flexibility index (Phi) is 3.33. The van der Waals surface area contributed by atoms with E-state index in [-0.39, 0.29) is 24.2 Å². The van der Waals surface area contributed by atoms with E-state index in [0.29, 0.717) is 12.0 Å². The number of imide groups is 1. The van der Waals surface area contributed by atoms with Gasteiger partial charge in [0.15, 0.2) is 0 Å². The molecule has 0 saturated carbocycles. The molecule has 6 nitrogen and oxygen atoms in total. The van der Waals surface area contributed by atoms with Gasteiger partial charge in [0.1, 0.15) is 5.84 Å². The van der Waals surface area contributed by atoms with Gasteiger partial charge in [-0.25, -0.2) is 4.79 Å². The van der Waals surface area contributed by atoms with Gasteiger partial charge in [0, 0.05) is 17.2 Å². The van der Waals surface area contributed by atoms with Crippen molar-refractivity contribution in [2.24, 2.45) is 4.99 Å². The summed E-state index contributed by atoms with van der Waals surface area (Å²) in [4.78, 5) is 39.9. The first kappa shape index (κ1) is 13.2. The molecule has 2 aliphatic heterocycles. The molecule has 0 aromatic rings. The lowest BCUT2D eigenvalue weighted by Crippen LogP contribution is -2.33. The van der Waals surface area contributed by atoms with E-state index in [1.807, 2.05) is 6.92 Å². The molecule has 0 aromatic carbocycles. The van der Waals surface area contributed by atoms with Gasteiger partial charge in [-0.3, -0.25) is 14.5 Å². The summed E-state index contributed by atoms with van der Waals surface area (Å²) in [6.45, 7) is 5.60. The van der Waals surface area contributed by atoms with Gasteiger partial charge in [-0.05, 0) is 25.8 Å². The molecule has 1 N–H and O–H groups in total. The van der Waals surface area contributed by atoms with Gasteiger partial charge in [-0.1, -0.05) is 6.92 Å². The van der Waals surface area contributed by atoms with Crippen LogP contribution in [0.3, 0.4) is 0 Å². The lowest BCUT2D eigenvalue weighted by atomic mass is 10.1. The summed E-state index contributed by atoms with van der Waals surface area (Å²) >= 11 is 0. The first-order valence-electron chi connectivity index (χ1n) is 6.06. The summed E-state index contributed by atoms with van der Waals surface area (Å²) in [5.41, 5.74) is 2.10. The Morgan fingerprint density at radius 1 is 1.42 bits per heavy atom. The monoisotopic (exact) mass is 261 g/mol. The third-order valence-corrected chi connectivity index (χ3v) is 3.15. The van der Waals surface area contributed by atoms with Crippen molar-refractivity contribution in [1.82, 2.24) is 10.2 Å². The standard InChI is InChI=1S/C13H15N3O3/c1-4-9-8(3)12(18)14-11(9)15-13(19)16-6-7(2)5-10(16)17/h5H,4,6H2,1-3H3,(H,14,15,18,19). The predicted molar refractivity (Wildman–Crippen MR) is 69.4 cm³/mol. The van der Waals surface area contributed by atoms with Crippen molar-refractivity contribution in [2.45, 2.75) is 27.2 Å². The number of carbonyl (C=O) groups is 3. The molecule has 0 aromatic heterocycles. The maximum absolute atomic E-state index is 11.9. The van der Waals surface area contributed by atoms with E-state index in [1.54, 1.807) is 13.8 Å². The Morgan fingerprint density at radius 2 is 2.11 bits per heavy atom. The molecule has 0 aliphatic carbocycles. The summed E-state index contributed by atoms with van der Waals surface area (Å²) in [6.07, 6.45) is 2.01. The topological polar surface area (TPSA) is 78.8 Å². The number of aliphatic imine (C=N–C) groups is 1. The van der Waals surface area contributed by atoms with Gasteiger partial charge >= 0.3 is 6.03 Å². The molecule has 2 rings (SSSR count). The number of amidine groups is 1. The van der Waals surface area contributed by atoms with Crippen LogP contribution in [0.5, 0.6) is 0 Å².